The fraction of sp³-hybridized carbons (Fsp3) is 0.812. The third kappa shape index (κ3) is 1.83. The Kier molecular flexibility index (Phi) is 3.05. The van der Waals surface area contributed by atoms with Crippen molar-refractivity contribution in [2.45, 2.75) is 44.6 Å². The van der Waals surface area contributed by atoms with Crippen LogP contribution in [0.1, 0.15) is 50.3 Å². The van der Waals surface area contributed by atoms with Crippen LogP contribution in [-0.2, 0) is 7.05 Å². The highest BCUT2D eigenvalue weighted by Gasteiger charge is 2.54. The second-order valence-electron chi connectivity index (χ2n) is 7.50. The molecule has 1 heterocycles. The fourth-order valence-corrected chi connectivity index (χ4v) is 6.59. The monoisotopic (exact) mass is 337 g/mol. The molecule has 110 valence electrons. The summed E-state index contributed by atoms with van der Waals surface area (Å²) in [6, 6.07) is 0.442. The topological polar surface area (TPSA) is 29.9 Å². The normalized spacial score (nSPS) is 40.2. The van der Waals surface area contributed by atoms with Crippen LogP contribution in [0.4, 0.5) is 0 Å². The Morgan fingerprint density at radius 2 is 1.80 bits per heavy atom. The van der Waals surface area contributed by atoms with Crippen LogP contribution in [0.2, 0.25) is 0 Å². The summed E-state index contributed by atoms with van der Waals surface area (Å²) in [7, 11) is 4.20. The van der Waals surface area contributed by atoms with E-state index in [0.29, 0.717) is 11.5 Å². The van der Waals surface area contributed by atoms with Gasteiger partial charge < -0.3 is 5.32 Å². The van der Waals surface area contributed by atoms with E-state index in [1.807, 2.05) is 6.20 Å². The van der Waals surface area contributed by atoms with E-state index in [1.165, 1.54) is 44.2 Å². The minimum absolute atomic E-state index is 0.442. The lowest BCUT2D eigenvalue weighted by Crippen LogP contribution is -2.51. The van der Waals surface area contributed by atoms with Crippen LogP contribution in [0.25, 0.3) is 0 Å². The first-order valence-electron chi connectivity index (χ1n) is 7.96. The van der Waals surface area contributed by atoms with Crippen LogP contribution in [0.15, 0.2) is 10.7 Å². The molecule has 20 heavy (non-hydrogen) atoms. The zero-order chi connectivity index (χ0) is 13.9. The SMILES string of the molecule is CNC(c1c(Br)cnn1C)C12CC3CC(CC(C3)C1)C2. The van der Waals surface area contributed by atoms with Gasteiger partial charge in [-0.3, -0.25) is 4.68 Å². The van der Waals surface area contributed by atoms with Crippen molar-refractivity contribution in [2.24, 2.45) is 30.2 Å². The van der Waals surface area contributed by atoms with Crippen molar-refractivity contribution in [2.75, 3.05) is 7.05 Å². The number of nitrogens with one attached hydrogen (secondary N) is 1. The molecule has 1 unspecified atom stereocenters. The molecule has 1 aromatic heterocycles. The molecule has 1 aromatic rings. The van der Waals surface area contributed by atoms with Gasteiger partial charge in [0.05, 0.1) is 22.4 Å². The first-order valence-corrected chi connectivity index (χ1v) is 8.75. The lowest BCUT2D eigenvalue weighted by atomic mass is 9.47. The highest BCUT2D eigenvalue weighted by molar-refractivity contribution is 9.10. The third-order valence-electron chi connectivity index (χ3n) is 6.20. The maximum absolute atomic E-state index is 4.44. The highest BCUT2D eigenvalue weighted by Crippen LogP contribution is 2.64. The van der Waals surface area contributed by atoms with Gasteiger partial charge in [-0.2, -0.15) is 5.10 Å². The van der Waals surface area contributed by atoms with Gasteiger partial charge in [0.2, 0.25) is 0 Å². The number of halogens is 1. The van der Waals surface area contributed by atoms with Crippen molar-refractivity contribution in [3.8, 4) is 0 Å². The summed E-state index contributed by atoms with van der Waals surface area (Å²) in [5.41, 5.74) is 1.81. The molecule has 0 aliphatic heterocycles. The second-order valence-corrected chi connectivity index (χ2v) is 8.36. The molecule has 0 amide bonds. The number of hydrogen-bond acceptors (Lipinski definition) is 2. The van der Waals surface area contributed by atoms with Crippen molar-refractivity contribution >= 4 is 15.9 Å². The average molecular weight is 338 g/mol. The fourth-order valence-electron chi connectivity index (χ4n) is 6.01. The summed E-state index contributed by atoms with van der Waals surface area (Å²) in [4.78, 5) is 0. The van der Waals surface area contributed by atoms with Crippen LogP contribution in [-0.4, -0.2) is 16.8 Å². The van der Waals surface area contributed by atoms with E-state index in [1.54, 1.807) is 0 Å². The lowest BCUT2D eigenvalue weighted by molar-refractivity contribution is -0.0750. The van der Waals surface area contributed by atoms with E-state index in [9.17, 15) is 0 Å². The van der Waals surface area contributed by atoms with Gasteiger partial charge in [-0.25, -0.2) is 0 Å². The van der Waals surface area contributed by atoms with E-state index in [4.69, 9.17) is 0 Å². The van der Waals surface area contributed by atoms with Gasteiger partial charge in [0.1, 0.15) is 0 Å². The van der Waals surface area contributed by atoms with E-state index < -0.39 is 0 Å². The Morgan fingerprint density at radius 3 is 2.20 bits per heavy atom. The highest BCUT2D eigenvalue weighted by atomic mass is 79.9. The zero-order valence-corrected chi connectivity index (χ0v) is 14.0. The predicted octanol–water partition coefficient (Wildman–Crippen LogP) is 3.66. The molecule has 4 saturated carbocycles. The van der Waals surface area contributed by atoms with Gasteiger partial charge in [-0.15, -0.1) is 0 Å². The van der Waals surface area contributed by atoms with Crippen molar-refractivity contribution in [1.82, 2.24) is 15.1 Å². The maximum Gasteiger partial charge on any atom is 0.0697 e. The third-order valence-corrected chi connectivity index (χ3v) is 6.81. The zero-order valence-electron chi connectivity index (χ0n) is 12.4. The molecule has 0 radical (unpaired) electrons. The van der Waals surface area contributed by atoms with E-state index in [2.05, 4.69) is 45.1 Å². The molecule has 3 nitrogen and oxygen atoms in total. The van der Waals surface area contributed by atoms with Crippen molar-refractivity contribution in [3.63, 3.8) is 0 Å². The molecule has 0 saturated heterocycles. The number of hydrogen-bond donors (Lipinski definition) is 1. The van der Waals surface area contributed by atoms with Gasteiger partial charge in [0, 0.05) is 7.05 Å². The number of aryl methyl sites for hydroxylation is 1. The predicted molar refractivity (Wildman–Crippen MR) is 83.3 cm³/mol. The second kappa shape index (κ2) is 4.57. The molecule has 5 rings (SSSR count). The molecule has 4 aliphatic carbocycles. The molecule has 4 aliphatic rings. The Balaban J connectivity index is 1.74. The Bertz CT molecular complexity index is 467. The molecular weight excluding hydrogens is 314 g/mol. The Morgan fingerprint density at radius 1 is 1.25 bits per heavy atom. The quantitative estimate of drug-likeness (QED) is 0.912. The minimum atomic E-state index is 0.442. The smallest absolute Gasteiger partial charge is 0.0697 e. The minimum Gasteiger partial charge on any atom is -0.311 e. The van der Waals surface area contributed by atoms with E-state index in [0.717, 1.165) is 22.2 Å². The Hall–Kier alpha value is -0.350. The van der Waals surface area contributed by atoms with Crippen molar-refractivity contribution in [3.05, 3.63) is 16.4 Å². The molecule has 4 bridgehead atoms. The van der Waals surface area contributed by atoms with Gasteiger partial charge in [-0.1, -0.05) is 0 Å². The molecule has 1 N–H and O–H groups in total. The molecule has 1 atom stereocenters. The summed E-state index contributed by atoms with van der Waals surface area (Å²) in [5.74, 6) is 2.97. The summed E-state index contributed by atoms with van der Waals surface area (Å²) in [6.07, 6.45) is 10.7. The van der Waals surface area contributed by atoms with Crippen molar-refractivity contribution < 1.29 is 0 Å². The molecular formula is C16H24BrN3. The van der Waals surface area contributed by atoms with Gasteiger partial charge in [-0.05, 0) is 84.7 Å². The lowest BCUT2D eigenvalue weighted by Gasteiger charge is -2.59. The molecule has 4 heteroatoms. The number of nitrogens with zero attached hydrogens (tertiary/aromatic N) is 2. The average Bonchev–Trinajstić information content (AvgIpc) is 2.70. The summed E-state index contributed by atoms with van der Waals surface area (Å²) >= 11 is 3.71. The summed E-state index contributed by atoms with van der Waals surface area (Å²) < 4.78 is 3.22. The van der Waals surface area contributed by atoms with Gasteiger partial charge >= 0.3 is 0 Å². The largest absolute Gasteiger partial charge is 0.311 e. The maximum atomic E-state index is 4.44. The van der Waals surface area contributed by atoms with Gasteiger partial charge in [0.25, 0.3) is 0 Å². The summed E-state index contributed by atoms with van der Waals surface area (Å²) in [6.45, 7) is 0. The molecule has 4 fully saturated rings. The number of rotatable bonds is 3. The first kappa shape index (κ1) is 13.3. The molecule has 0 spiro atoms. The Labute approximate surface area is 129 Å². The van der Waals surface area contributed by atoms with Crippen molar-refractivity contribution in [1.29, 1.82) is 0 Å². The van der Waals surface area contributed by atoms with Gasteiger partial charge in [0.15, 0.2) is 0 Å². The standard InChI is InChI=1S/C16H24BrN3/c1-18-15(14-13(17)9-19-20(14)2)16-6-10-3-11(7-16)5-12(4-10)8-16/h9-12,15,18H,3-8H2,1-2H3. The van der Waals surface area contributed by atoms with Crippen LogP contribution in [0, 0.1) is 23.2 Å². The first-order chi connectivity index (χ1) is 9.61. The van der Waals surface area contributed by atoms with Crippen LogP contribution in [0.3, 0.4) is 0 Å². The molecule has 0 aromatic carbocycles. The van der Waals surface area contributed by atoms with E-state index >= 15 is 0 Å². The number of aromatic nitrogens is 2. The van der Waals surface area contributed by atoms with E-state index in [-0.39, 0.29) is 0 Å². The van der Waals surface area contributed by atoms with Crippen LogP contribution >= 0.6 is 15.9 Å². The van der Waals surface area contributed by atoms with Crippen LogP contribution in [0.5, 0.6) is 0 Å². The summed E-state index contributed by atoms with van der Waals surface area (Å²) in [5, 5.41) is 8.09. The van der Waals surface area contributed by atoms with Crippen LogP contribution < -0.4 is 5.32 Å².